The third-order valence-corrected chi connectivity index (χ3v) is 3.04. The molecule has 5 nitrogen and oxygen atoms in total. The molecule has 0 unspecified atom stereocenters. The fourth-order valence-electron chi connectivity index (χ4n) is 2.03. The molecular weight excluding hydrogens is 256 g/mol. The molecule has 0 aliphatic carbocycles. The first-order valence-electron chi connectivity index (χ1n) is 6.70. The molecule has 0 spiro atoms. The predicted molar refractivity (Wildman–Crippen MR) is 76.6 cm³/mol. The van der Waals surface area contributed by atoms with Crippen molar-refractivity contribution in [3.8, 4) is 11.5 Å². The molecule has 20 heavy (non-hydrogen) atoms. The Kier molecular flexibility index (Phi) is 4.40. The minimum absolute atomic E-state index is 0.0525. The minimum atomic E-state index is -0.417. The summed E-state index contributed by atoms with van der Waals surface area (Å²) in [4.78, 5) is 26.6. The highest BCUT2D eigenvalue weighted by molar-refractivity contribution is 5.94. The topological polar surface area (TPSA) is 75.1 Å². The van der Waals surface area contributed by atoms with Crippen LogP contribution in [0.4, 0.5) is 0 Å². The number of aromatic amines is 1. The average Bonchev–Trinajstić information content (AvgIpc) is 2.92. The largest absolute Gasteiger partial charge is 0.463 e. The van der Waals surface area contributed by atoms with Crippen molar-refractivity contribution < 1.29 is 9.21 Å². The molecule has 0 aliphatic rings. The van der Waals surface area contributed by atoms with Gasteiger partial charge in [0.15, 0.2) is 0 Å². The van der Waals surface area contributed by atoms with E-state index < -0.39 is 5.56 Å². The molecule has 1 atom stereocenters. The molecule has 2 aromatic heterocycles. The molecule has 0 saturated carbocycles. The zero-order chi connectivity index (χ0) is 14.5. The predicted octanol–water partition coefficient (Wildman–Crippen LogP) is 2.55. The van der Waals surface area contributed by atoms with E-state index in [-0.39, 0.29) is 17.5 Å². The van der Waals surface area contributed by atoms with Crippen molar-refractivity contribution in [2.75, 3.05) is 0 Å². The minimum Gasteiger partial charge on any atom is -0.463 e. The van der Waals surface area contributed by atoms with Crippen LogP contribution in [0.2, 0.25) is 0 Å². The Hall–Kier alpha value is -2.30. The van der Waals surface area contributed by atoms with Crippen LogP contribution in [0.5, 0.6) is 0 Å². The monoisotopic (exact) mass is 274 g/mol. The Morgan fingerprint density at radius 3 is 2.80 bits per heavy atom. The van der Waals surface area contributed by atoms with E-state index >= 15 is 0 Å². The van der Waals surface area contributed by atoms with Crippen molar-refractivity contribution in [2.45, 2.75) is 32.7 Å². The lowest BCUT2D eigenvalue weighted by Gasteiger charge is -2.12. The maximum Gasteiger partial charge on any atom is 0.261 e. The third-order valence-electron chi connectivity index (χ3n) is 3.04. The summed E-state index contributed by atoms with van der Waals surface area (Å²) in [6.07, 6.45) is 3.39. The van der Waals surface area contributed by atoms with Gasteiger partial charge in [-0.2, -0.15) is 0 Å². The molecule has 0 radical (unpaired) electrons. The molecular formula is C15H18N2O3. The van der Waals surface area contributed by atoms with Crippen molar-refractivity contribution >= 4 is 5.91 Å². The number of carbonyl (C=O) groups excluding carboxylic acids is 1. The van der Waals surface area contributed by atoms with Gasteiger partial charge in [-0.3, -0.25) is 9.59 Å². The number of aromatic nitrogens is 1. The van der Waals surface area contributed by atoms with E-state index in [0.29, 0.717) is 11.5 Å². The number of hydrogen-bond donors (Lipinski definition) is 2. The van der Waals surface area contributed by atoms with Gasteiger partial charge in [0.1, 0.15) is 11.3 Å². The molecule has 2 N–H and O–H groups in total. The first kappa shape index (κ1) is 14.1. The first-order valence-corrected chi connectivity index (χ1v) is 6.70. The molecule has 106 valence electrons. The van der Waals surface area contributed by atoms with Crippen LogP contribution in [0.25, 0.3) is 11.5 Å². The van der Waals surface area contributed by atoms with Crippen LogP contribution in [0, 0.1) is 0 Å². The normalized spacial score (nSPS) is 12.1. The van der Waals surface area contributed by atoms with E-state index in [1.807, 2.05) is 13.8 Å². The van der Waals surface area contributed by atoms with Crippen LogP contribution in [-0.2, 0) is 0 Å². The number of hydrogen-bond acceptors (Lipinski definition) is 3. The van der Waals surface area contributed by atoms with E-state index in [1.54, 1.807) is 18.2 Å². The van der Waals surface area contributed by atoms with Gasteiger partial charge in [-0.05, 0) is 37.6 Å². The lowest BCUT2D eigenvalue weighted by Crippen LogP contribution is -2.35. The van der Waals surface area contributed by atoms with E-state index in [4.69, 9.17) is 4.42 Å². The van der Waals surface area contributed by atoms with Crippen LogP contribution in [-0.4, -0.2) is 16.9 Å². The molecule has 0 saturated heterocycles. The fourth-order valence-corrected chi connectivity index (χ4v) is 2.03. The lowest BCUT2D eigenvalue weighted by atomic mass is 10.1. The van der Waals surface area contributed by atoms with Gasteiger partial charge in [-0.15, -0.1) is 0 Å². The molecule has 1 amide bonds. The molecule has 2 rings (SSSR count). The summed E-state index contributed by atoms with van der Waals surface area (Å²) in [6, 6.07) is 6.72. The number of rotatable bonds is 5. The molecule has 0 aliphatic heterocycles. The zero-order valence-electron chi connectivity index (χ0n) is 11.6. The van der Waals surface area contributed by atoms with E-state index in [1.165, 1.54) is 12.3 Å². The van der Waals surface area contributed by atoms with Gasteiger partial charge in [-0.1, -0.05) is 13.3 Å². The van der Waals surface area contributed by atoms with Crippen LogP contribution in [0.1, 0.15) is 37.0 Å². The van der Waals surface area contributed by atoms with E-state index in [2.05, 4.69) is 10.3 Å². The molecule has 2 heterocycles. The third kappa shape index (κ3) is 3.17. The number of H-pyrrole nitrogens is 1. The number of amides is 1. The van der Waals surface area contributed by atoms with Gasteiger partial charge in [0.25, 0.3) is 11.5 Å². The lowest BCUT2D eigenvalue weighted by molar-refractivity contribution is 0.0937. The standard InChI is InChI=1S/C15H18N2O3/c1-3-5-10(2)16-14(18)11-7-8-12(17-15(11)19)13-6-4-9-20-13/h4,6-10H,3,5H2,1-2H3,(H,16,18)(H,17,19)/t10-/m0/s1. The van der Waals surface area contributed by atoms with Crippen LogP contribution >= 0.6 is 0 Å². The van der Waals surface area contributed by atoms with Crippen molar-refractivity contribution in [1.82, 2.24) is 10.3 Å². The number of furan rings is 1. The van der Waals surface area contributed by atoms with E-state index in [0.717, 1.165) is 12.8 Å². The van der Waals surface area contributed by atoms with Crippen LogP contribution in [0.3, 0.4) is 0 Å². The molecule has 0 aromatic carbocycles. The summed E-state index contributed by atoms with van der Waals surface area (Å²) in [5, 5.41) is 2.81. The SMILES string of the molecule is CCC[C@H](C)NC(=O)c1ccc(-c2ccco2)[nH]c1=O. The van der Waals surface area contributed by atoms with Gasteiger partial charge < -0.3 is 14.7 Å². The molecule has 0 bridgehead atoms. The molecule has 5 heteroatoms. The van der Waals surface area contributed by atoms with Gasteiger partial charge in [0, 0.05) is 6.04 Å². The van der Waals surface area contributed by atoms with Gasteiger partial charge in [-0.25, -0.2) is 0 Å². The quantitative estimate of drug-likeness (QED) is 0.879. The fraction of sp³-hybridized carbons (Fsp3) is 0.333. The smallest absolute Gasteiger partial charge is 0.261 e. The van der Waals surface area contributed by atoms with Crippen LogP contribution in [0.15, 0.2) is 39.7 Å². The number of pyridine rings is 1. The highest BCUT2D eigenvalue weighted by Gasteiger charge is 2.14. The first-order chi connectivity index (χ1) is 9.61. The van der Waals surface area contributed by atoms with Crippen molar-refractivity contribution in [3.63, 3.8) is 0 Å². The molecule has 2 aromatic rings. The van der Waals surface area contributed by atoms with Crippen molar-refractivity contribution in [3.05, 3.63) is 46.4 Å². The highest BCUT2D eigenvalue weighted by atomic mass is 16.3. The maximum absolute atomic E-state index is 12.0. The van der Waals surface area contributed by atoms with E-state index in [9.17, 15) is 9.59 Å². The Balaban J connectivity index is 2.18. The second-order valence-corrected chi connectivity index (χ2v) is 4.76. The van der Waals surface area contributed by atoms with Gasteiger partial charge in [0.05, 0.1) is 12.0 Å². The summed E-state index contributed by atoms with van der Waals surface area (Å²) in [7, 11) is 0. The summed E-state index contributed by atoms with van der Waals surface area (Å²) in [5.41, 5.74) is 0.251. The Morgan fingerprint density at radius 2 is 2.20 bits per heavy atom. The Bertz CT molecular complexity index is 629. The highest BCUT2D eigenvalue weighted by Crippen LogP contribution is 2.15. The second kappa shape index (κ2) is 6.23. The van der Waals surface area contributed by atoms with Crippen molar-refractivity contribution in [1.29, 1.82) is 0 Å². The number of carbonyl (C=O) groups is 1. The Morgan fingerprint density at radius 1 is 1.40 bits per heavy atom. The maximum atomic E-state index is 12.0. The van der Waals surface area contributed by atoms with Crippen LogP contribution < -0.4 is 10.9 Å². The number of nitrogens with one attached hydrogen (secondary N) is 2. The second-order valence-electron chi connectivity index (χ2n) is 4.76. The zero-order valence-corrected chi connectivity index (χ0v) is 11.6. The summed E-state index contributed by atoms with van der Waals surface area (Å²) >= 11 is 0. The summed E-state index contributed by atoms with van der Waals surface area (Å²) < 4.78 is 5.20. The molecule has 0 fully saturated rings. The summed E-state index contributed by atoms with van der Waals surface area (Å²) in [6.45, 7) is 3.97. The summed E-state index contributed by atoms with van der Waals surface area (Å²) in [5.74, 6) is 0.214. The van der Waals surface area contributed by atoms with Gasteiger partial charge in [0.2, 0.25) is 0 Å². The average molecular weight is 274 g/mol. The van der Waals surface area contributed by atoms with Gasteiger partial charge >= 0.3 is 0 Å². The van der Waals surface area contributed by atoms with Crippen molar-refractivity contribution in [2.24, 2.45) is 0 Å². The Labute approximate surface area is 117 Å².